The average Bonchev–Trinajstić information content (AvgIpc) is 2.83. The molecule has 0 bridgehead atoms. The SMILES string of the molecule is Cc1ccc(/C=C/c2nc3ccccc3n2CC(C)(C)N)cc1. The van der Waals surface area contributed by atoms with Crippen molar-refractivity contribution >= 4 is 23.2 Å². The van der Waals surface area contributed by atoms with Crippen LogP contribution in [-0.2, 0) is 6.54 Å². The minimum atomic E-state index is -0.296. The van der Waals surface area contributed by atoms with Crippen LogP contribution in [0.3, 0.4) is 0 Å². The van der Waals surface area contributed by atoms with Crippen molar-refractivity contribution in [2.75, 3.05) is 0 Å². The zero-order chi connectivity index (χ0) is 16.4. The Morgan fingerprint density at radius 2 is 1.74 bits per heavy atom. The van der Waals surface area contributed by atoms with E-state index in [2.05, 4.69) is 54.0 Å². The lowest BCUT2D eigenvalue weighted by atomic mass is 10.1. The molecule has 3 rings (SSSR count). The van der Waals surface area contributed by atoms with Crippen LogP contribution in [0.25, 0.3) is 23.2 Å². The largest absolute Gasteiger partial charge is 0.324 e. The van der Waals surface area contributed by atoms with Crippen LogP contribution in [-0.4, -0.2) is 15.1 Å². The van der Waals surface area contributed by atoms with Crippen molar-refractivity contribution in [1.29, 1.82) is 0 Å². The Morgan fingerprint density at radius 3 is 2.43 bits per heavy atom. The lowest BCUT2D eigenvalue weighted by molar-refractivity contribution is 0.439. The van der Waals surface area contributed by atoms with E-state index in [0.29, 0.717) is 0 Å². The predicted octanol–water partition coefficient (Wildman–Crippen LogP) is 4.25. The number of fused-ring (bicyclic) bond motifs is 1. The topological polar surface area (TPSA) is 43.8 Å². The molecule has 0 amide bonds. The van der Waals surface area contributed by atoms with E-state index >= 15 is 0 Å². The first-order valence-electron chi connectivity index (χ1n) is 7.91. The number of aryl methyl sites for hydroxylation is 1. The van der Waals surface area contributed by atoms with Gasteiger partial charge < -0.3 is 10.3 Å². The van der Waals surface area contributed by atoms with E-state index in [0.717, 1.165) is 23.4 Å². The number of hydrogen-bond donors (Lipinski definition) is 1. The predicted molar refractivity (Wildman–Crippen MR) is 98.1 cm³/mol. The number of imidazole rings is 1. The average molecular weight is 305 g/mol. The molecule has 0 radical (unpaired) electrons. The molecule has 1 aromatic heterocycles. The third kappa shape index (κ3) is 3.69. The molecular weight excluding hydrogens is 282 g/mol. The van der Waals surface area contributed by atoms with Gasteiger partial charge >= 0.3 is 0 Å². The summed E-state index contributed by atoms with van der Waals surface area (Å²) >= 11 is 0. The first-order chi connectivity index (χ1) is 10.9. The molecule has 1 heterocycles. The molecule has 23 heavy (non-hydrogen) atoms. The highest BCUT2D eigenvalue weighted by atomic mass is 15.1. The second kappa shape index (κ2) is 6.01. The van der Waals surface area contributed by atoms with Crippen molar-refractivity contribution in [3.63, 3.8) is 0 Å². The van der Waals surface area contributed by atoms with Gasteiger partial charge in [-0.2, -0.15) is 0 Å². The van der Waals surface area contributed by atoms with Gasteiger partial charge in [-0.15, -0.1) is 0 Å². The molecule has 0 atom stereocenters. The van der Waals surface area contributed by atoms with Gasteiger partial charge in [-0.3, -0.25) is 0 Å². The molecule has 0 spiro atoms. The summed E-state index contributed by atoms with van der Waals surface area (Å²) in [7, 11) is 0. The molecule has 3 aromatic rings. The van der Waals surface area contributed by atoms with E-state index < -0.39 is 0 Å². The zero-order valence-electron chi connectivity index (χ0n) is 14.0. The number of nitrogens with two attached hydrogens (primary N) is 1. The highest BCUT2D eigenvalue weighted by Gasteiger charge is 2.16. The number of nitrogens with zero attached hydrogens (tertiary/aromatic N) is 2. The van der Waals surface area contributed by atoms with E-state index in [1.807, 2.05) is 32.0 Å². The first kappa shape index (κ1) is 15.5. The van der Waals surface area contributed by atoms with Crippen LogP contribution in [0, 0.1) is 6.92 Å². The van der Waals surface area contributed by atoms with Crippen molar-refractivity contribution in [3.05, 3.63) is 65.5 Å². The van der Waals surface area contributed by atoms with Gasteiger partial charge in [-0.25, -0.2) is 4.98 Å². The summed E-state index contributed by atoms with van der Waals surface area (Å²) in [6, 6.07) is 16.7. The summed E-state index contributed by atoms with van der Waals surface area (Å²) < 4.78 is 2.19. The minimum Gasteiger partial charge on any atom is -0.324 e. The fourth-order valence-corrected chi connectivity index (χ4v) is 2.64. The summed E-state index contributed by atoms with van der Waals surface area (Å²) in [5.74, 6) is 0.935. The number of para-hydroxylation sites is 2. The van der Waals surface area contributed by atoms with E-state index in [-0.39, 0.29) is 5.54 Å². The van der Waals surface area contributed by atoms with Gasteiger partial charge in [0.15, 0.2) is 0 Å². The maximum Gasteiger partial charge on any atom is 0.133 e. The lowest BCUT2D eigenvalue weighted by Crippen LogP contribution is -2.37. The highest BCUT2D eigenvalue weighted by Crippen LogP contribution is 2.20. The van der Waals surface area contributed by atoms with Crippen molar-refractivity contribution < 1.29 is 0 Å². The molecule has 0 aliphatic carbocycles. The highest BCUT2D eigenvalue weighted by molar-refractivity contribution is 5.79. The van der Waals surface area contributed by atoms with Crippen LogP contribution < -0.4 is 5.73 Å². The molecule has 2 aromatic carbocycles. The molecule has 0 unspecified atom stereocenters. The molecule has 0 saturated carbocycles. The molecule has 3 nitrogen and oxygen atoms in total. The maximum atomic E-state index is 6.24. The van der Waals surface area contributed by atoms with Crippen molar-refractivity contribution in [3.8, 4) is 0 Å². The van der Waals surface area contributed by atoms with E-state index in [4.69, 9.17) is 10.7 Å². The second-order valence-electron chi connectivity index (χ2n) is 6.78. The Morgan fingerprint density at radius 1 is 1.04 bits per heavy atom. The lowest BCUT2D eigenvalue weighted by Gasteiger charge is -2.20. The molecule has 0 saturated heterocycles. The van der Waals surface area contributed by atoms with E-state index in [9.17, 15) is 0 Å². The first-order valence-corrected chi connectivity index (χ1v) is 7.91. The summed E-state index contributed by atoms with van der Waals surface area (Å²) in [6.07, 6.45) is 4.16. The number of rotatable bonds is 4. The molecule has 0 fully saturated rings. The standard InChI is InChI=1S/C20H23N3/c1-15-8-10-16(11-9-15)12-13-19-22-17-6-4-5-7-18(17)23(19)14-20(2,3)21/h4-13H,14,21H2,1-3H3/b13-12+. The van der Waals surface area contributed by atoms with Crippen molar-refractivity contribution in [2.45, 2.75) is 32.9 Å². The number of hydrogen-bond acceptors (Lipinski definition) is 2. The molecular formula is C20H23N3. The molecule has 118 valence electrons. The molecule has 3 heteroatoms. The molecule has 0 aliphatic rings. The van der Waals surface area contributed by atoms with Crippen LogP contribution in [0.5, 0.6) is 0 Å². The Labute approximate surface area is 137 Å². The van der Waals surface area contributed by atoms with E-state index in [1.165, 1.54) is 11.1 Å². The second-order valence-corrected chi connectivity index (χ2v) is 6.78. The Balaban J connectivity index is 2.02. The van der Waals surface area contributed by atoms with Crippen LogP contribution in [0.15, 0.2) is 48.5 Å². The Kier molecular flexibility index (Phi) is 4.05. The van der Waals surface area contributed by atoms with Gasteiger partial charge in [0.25, 0.3) is 0 Å². The Bertz CT molecular complexity index is 833. The number of aromatic nitrogens is 2. The van der Waals surface area contributed by atoms with Gasteiger partial charge in [0.05, 0.1) is 11.0 Å². The summed E-state index contributed by atoms with van der Waals surface area (Å²) in [6.45, 7) is 6.89. The van der Waals surface area contributed by atoms with Crippen LogP contribution in [0.1, 0.15) is 30.8 Å². The van der Waals surface area contributed by atoms with Crippen LogP contribution >= 0.6 is 0 Å². The zero-order valence-corrected chi connectivity index (χ0v) is 14.0. The minimum absolute atomic E-state index is 0.296. The van der Waals surface area contributed by atoms with Crippen molar-refractivity contribution in [1.82, 2.24) is 9.55 Å². The van der Waals surface area contributed by atoms with Gasteiger partial charge in [0, 0.05) is 12.1 Å². The summed E-state index contributed by atoms with van der Waals surface area (Å²) in [5.41, 5.74) is 10.5. The monoisotopic (exact) mass is 305 g/mol. The van der Waals surface area contributed by atoms with Gasteiger partial charge in [0.1, 0.15) is 5.82 Å². The Hall–Kier alpha value is -2.39. The summed E-state index contributed by atoms with van der Waals surface area (Å²) in [5, 5.41) is 0. The number of benzene rings is 2. The third-order valence-corrected chi connectivity index (χ3v) is 3.75. The summed E-state index contributed by atoms with van der Waals surface area (Å²) in [4.78, 5) is 4.75. The van der Waals surface area contributed by atoms with Crippen LogP contribution in [0.4, 0.5) is 0 Å². The fraction of sp³-hybridized carbons (Fsp3) is 0.250. The van der Waals surface area contributed by atoms with Gasteiger partial charge in [-0.1, -0.05) is 48.0 Å². The quantitative estimate of drug-likeness (QED) is 0.783. The van der Waals surface area contributed by atoms with Crippen LogP contribution in [0.2, 0.25) is 0 Å². The third-order valence-electron chi connectivity index (χ3n) is 3.75. The van der Waals surface area contributed by atoms with Gasteiger partial charge in [0.2, 0.25) is 0 Å². The van der Waals surface area contributed by atoms with Gasteiger partial charge in [-0.05, 0) is 44.5 Å². The normalized spacial score (nSPS) is 12.3. The maximum absolute atomic E-state index is 6.24. The fourth-order valence-electron chi connectivity index (χ4n) is 2.64. The van der Waals surface area contributed by atoms with E-state index in [1.54, 1.807) is 0 Å². The van der Waals surface area contributed by atoms with Crippen molar-refractivity contribution in [2.24, 2.45) is 5.73 Å². The molecule has 0 aliphatic heterocycles. The smallest absolute Gasteiger partial charge is 0.133 e. The molecule has 2 N–H and O–H groups in total.